The van der Waals surface area contributed by atoms with Crippen LogP contribution in [0.15, 0.2) is 36.5 Å². The lowest BCUT2D eigenvalue weighted by atomic mass is 10.1. The van der Waals surface area contributed by atoms with Gasteiger partial charge in [0.1, 0.15) is 12.2 Å². The van der Waals surface area contributed by atoms with Crippen LogP contribution in [0, 0.1) is 0 Å². The number of rotatable bonds is 4. The number of ether oxygens (including phenoxy) is 1. The lowest BCUT2D eigenvalue weighted by Crippen LogP contribution is -2.24. The van der Waals surface area contributed by atoms with Gasteiger partial charge < -0.3 is 14.9 Å². The Bertz CT molecular complexity index is 558. The highest BCUT2D eigenvalue weighted by atomic mass is 16.5. The predicted molar refractivity (Wildman–Crippen MR) is 70.9 cm³/mol. The van der Waals surface area contributed by atoms with Crippen molar-refractivity contribution in [2.24, 2.45) is 0 Å². The van der Waals surface area contributed by atoms with Gasteiger partial charge in [0, 0.05) is 6.42 Å². The molecule has 2 N–H and O–H groups in total. The molecule has 3 atom stereocenters. The van der Waals surface area contributed by atoms with E-state index in [1.54, 1.807) is 10.9 Å². The predicted octanol–water partition coefficient (Wildman–Crippen LogP) is 0.510. The van der Waals surface area contributed by atoms with Crippen LogP contribution in [-0.2, 0) is 11.3 Å². The van der Waals surface area contributed by atoms with E-state index in [1.807, 2.05) is 30.3 Å². The van der Waals surface area contributed by atoms with Gasteiger partial charge in [-0.15, -0.1) is 5.10 Å². The van der Waals surface area contributed by atoms with E-state index in [9.17, 15) is 5.11 Å². The molecule has 0 saturated carbocycles. The molecule has 1 saturated heterocycles. The van der Waals surface area contributed by atoms with Crippen molar-refractivity contribution >= 4 is 0 Å². The minimum absolute atomic E-state index is 0.183. The molecular weight excluding hydrogens is 258 g/mol. The second kappa shape index (κ2) is 5.70. The maximum atomic E-state index is 9.80. The summed E-state index contributed by atoms with van der Waals surface area (Å²) in [6.07, 6.45) is 0.652. The van der Waals surface area contributed by atoms with E-state index in [-0.39, 0.29) is 12.7 Å². The average Bonchev–Trinajstić information content (AvgIpc) is 3.06. The molecular formula is C14H17N3O3. The van der Waals surface area contributed by atoms with Crippen molar-refractivity contribution in [2.45, 2.75) is 31.3 Å². The van der Waals surface area contributed by atoms with Crippen molar-refractivity contribution < 1.29 is 14.9 Å². The molecule has 1 fully saturated rings. The Morgan fingerprint density at radius 2 is 2.10 bits per heavy atom. The van der Waals surface area contributed by atoms with Gasteiger partial charge in [0.25, 0.3) is 0 Å². The second-order valence-corrected chi connectivity index (χ2v) is 4.95. The van der Waals surface area contributed by atoms with E-state index in [0.717, 1.165) is 11.3 Å². The zero-order valence-electron chi connectivity index (χ0n) is 11.0. The lowest BCUT2D eigenvalue weighted by molar-refractivity contribution is -0.0245. The van der Waals surface area contributed by atoms with Gasteiger partial charge in [0.2, 0.25) is 0 Å². The molecule has 0 spiro atoms. The van der Waals surface area contributed by atoms with Crippen molar-refractivity contribution in [3.63, 3.8) is 0 Å². The summed E-state index contributed by atoms with van der Waals surface area (Å²) in [5, 5.41) is 26.9. The first-order chi connectivity index (χ1) is 9.78. The average molecular weight is 275 g/mol. The molecule has 0 amide bonds. The van der Waals surface area contributed by atoms with Crippen LogP contribution in [-0.4, -0.2) is 44.0 Å². The molecule has 1 aliphatic rings. The van der Waals surface area contributed by atoms with Gasteiger partial charge in [-0.2, -0.15) is 0 Å². The van der Waals surface area contributed by atoms with Crippen LogP contribution >= 0.6 is 0 Å². The molecule has 0 unspecified atom stereocenters. The van der Waals surface area contributed by atoms with Gasteiger partial charge in [-0.05, 0) is 5.56 Å². The number of aliphatic hydroxyl groups is 2. The van der Waals surface area contributed by atoms with Crippen LogP contribution in [0.5, 0.6) is 0 Å². The monoisotopic (exact) mass is 275 g/mol. The van der Waals surface area contributed by atoms with E-state index in [2.05, 4.69) is 10.3 Å². The van der Waals surface area contributed by atoms with E-state index in [4.69, 9.17) is 9.84 Å². The molecule has 3 rings (SSSR count). The van der Waals surface area contributed by atoms with Crippen LogP contribution in [0.2, 0.25) is 0 Å². The third kappa shape index (κ3) is 2.58. The third-order valence-corrected chi connectivity index (χ3v) is 3.56. The number of nitrogens with zero attached hydrogens (tertiary/aromatic N) is 3. The summed E-state index contributed by atoms with van der Waals surface area (Å²) < 4.78 is 7.42. The van der Waals surface area contributed by atoms with Crippen molar-refractivity contribution in [1.82, 2.24) is 15.0 Å². The Morgan fingerprint density at radius 3 is 2.80 bits per heavy atom. The molecule has 0 bridgehead atoms. The zero-order valence-corrected chi connectivity index (χ0v) is 11.0. The van der Waals surface area contributed by atoms with Crippen molar-refractivity contribution in [2.75, 3.05) is 6.61 Å². The van der Waals surface area contributed by atoms with Crippen LogP contribution in [0.1, 0.15) is 23.8 Å². The molecule has 2 aromatic rings. The van der Waals surface area contributed by atoms with Crippen LogP contribution in [0.4, 0.5) is 0 Å². The molecule has 106 valence electrons. The highest BCUT2D eigenvalue weighted by molar-refractivity contribution is 5.16. The molecule has 6 nitrogen and oxygen atoms in total. The second-order valence-electron chi connectivity index (χ2n) is 4.95. The standard InChI is InChI=1S/C14H17N3O3/c18-9-14-12(19)6-13(20-14)11-7-15-16-17(11)8-10-4-2-1-3-5-10/h1-5,7,12-14,18-19H,6,8-9H2/t12-,13-,14+/m0/s1. The first-order valence-electron chi connectivity index (χ1n) is 6.64. The van der Waals surface area contributed by atoms with Crippen molar-refractivity contribution in [1.29, 1.82) is 0 Å². The number of aromatic nitrogens is 3. The summed E-state index contributed by atoms with van der Waals surface area (Å²) in [6.45, 7) is 0.424. The molecule has 20 heavy (non-hydrogen) atoms. The molecule has 0 radical (unpaired) electrons. The normalized spacial score (nSPS) is 26.0. The zero-order chi connectivity index (χ0) is 13.9. The van der Waals surface area contributed by atoms with E-state index in [1.165, 1.54) is 0 Å². The van der Waals surface area contributed by atoms with Gasteiger partial charge in [-0.25, -0.2) is 4.68 Å². The SMILES string of the molecule is OC[C@H]1O[C@H](c2cnnn2Cc2ccccc2)C[C@@H]1O. The quantitative estimate of drug-likeness (QED) is 0.850. The maximum Gasteiger partial charge on any atom is 0.107 e. The summed E-state index contributed by atoms with van der Waals surface area (Å²) in [7, 11) is 0. The highest BCUT2D eigenvalue weighted by Gasteiger charge is 2.36. The molecule has 0 aliphatic carbocycles. The summed E-state index contributed by atoms with van der Waals surface area (Å²) in [4.78, 5) is 0. The Hall–Kier alpha value is -1.76. The van der Waals surface area contributed by atoms with Gasteiger partial charge >= 0.3 is 0 Å². The van der Waals surface area contributed by atoms with Gasteiger partial charge in [-0.1, -0.05) is 35.5 Å². The van der Waals surface area contributed by atoms with Gasteiger partial charge in [-0.3, -0.25) is 0 Å². The van der Waals surface area contributed by atoms with E-state index in [0.29, 0.717) is 13.0 Å². The molecule has 1 aromatic heterocycles. The van der Waals surface area contributed by atoms with Crippen LogP contribution < -0.4 is 0 Å². The molecule has 2 heterocycles. The van der Waals surface area contributed by atoms with Gasteiger partial charge in [0.15, 0.2) is 0 Å². The minimum Gasteiger partial charge on any atom is -0.394 e. The summed E-state index contributed by atoms with van der Waals surface area (Å²) in [6, 6.07) is 9.96. The highest BCUT2D eigenvalue weighted by Crippen LogP contribution is 2.32. The van der Waals surface area contributed by atoms with E-state index < -0.39 is 12.2 Å². The smallest absolute Gasteiger partial charge is 0.107 e. The van der Waals surface area contributed by atoms with E-state index >= 15 is 0 Å². The Kier molecular flexibility index (Phi) is 3.77. The topological polar surface area (TPSA) is 80.4 Å². The molecule has 6 heteroatoms. The first kappa shape index (κ1) is 13.2. The fraction of sp³-hybridized carbons (Fsp3) is 0.429. The van der Waals surface area contributed by atoms with Crippen LogP contribution in [0.3, 0.4) is 0 Å². The summed E-state index contributed by atoms with van der Waals surface area (Å²) in [5.74, 6) is 0. The Morgan fingerprint density at radius 1 is 1.30 bits per heavy atom. The number of hydrogen-bond acceptors (Lipinski definition) is 5. The van der Waals surface area contributed by atoms with Crippen molar-refractivity contribution in [3.05, 3.63) is 47.8 Å². The summed E-state index contributed by atoms with van der Waals surface area (Å²) in [5.41, 5.74) is 1.94. The number of benzene rings is 1. The molecule has 1 aromatic carbocycles. The Balaban J connectivity index is 1.77. The first-order valence-corrected chi connectivity index (χ1v) is 6.64. The van der Waals surface area contributed by atoms with Gasteiger partial charge in [0.05, 0.1) is 31.1 Å². The third-order valence-electron chi connectivity index (χ3n) is 3.56. The fourth-order valence-corrected chi connectivity index (χ4v) is 2.48. The number of hydrogen-bond donors (Lipinski definition) is 2. The lowest BCUT2D eigenvalue weighted by Gasteiger charge is -2.13. The molecule has 1 aliphatic heterocycles. The largest absolute Gasteiger partial charge is 0.394 e. The number of aliphatic hydroxyl groups excluding tert-OH is 2. The van der Waals surface area contributed by atoms with Crippen LogP contribution in [0.25, 0.3) is 0 Å². The Labute approximate surface area is 116 Å². The van der Waals surface area contributed by atoms with Crippen molar-refractivity contribution in [3.8, 4) is 0 Å². The summed E-state index contributed by atoms with van der Waals surface area (Å²) >= 11 is 0. The fourth-order valence-electron chi connectivity index (χ4n) is 2.48. The maximum absolute atomic E-state index is 9.80. The minimum atomic E-state index is -0.648.